The highest BCUT2D eigenvalue weighted by Gasteiger charge is 2.33. The van der Waals surface area contributed by atoms with E-state index in [4.69, 9.17) is 0 Å². The third-order valence-electron chi connectivity index (χ3n) is 4.97. The van der Waals surface area contributed by atoms with Gasteiger partial charge in [0.05, 0.1) is 17.1 Å². The number of pyridine rings is 2. The summed E-state index contributed by atoms with van der Waals surface area (Å²) in [5, 5.41) is 0. The summed E-state index contributed by atoms with van der Waals surface area (Å²) in [4.78, 5) is 31.2. The van der Waals surface area contributed by atoms with Gasteiger partial charge in [0.25, 0.3) is 5.56 Å². The molecule has 0 aliphatic heterocycles. The third kappa shape index (κ3) is 4.91. The van der Waals surface area contributed by atoms with E-state index in [1.807, 2.05) is 18.2 Å². The quantitative estimate of drug-likeness (QED) is 0.615. The van der Waals surface area contributed by atoms with E-state index >= 15 is 0 Å². The molecule has 2 heterocycles. The first-order chi connectivity index (χ1) is 13.9. The molecule has 1 saturated carbocycles. The van der Waals surface area contributed by atoms with E-state index in [-0.39, 0.29) is 23.4 Å². The van der Waals surface area contributed by atoms with Gasteiger partial charge in [0, 0.05) is 37.6 Å². The fraction of sp³-hybridized carbons (Fsp3) is 0.450. The van der Waals surface area contributed by atoms with Crippen molar-refractivity contribution >= 4 is 15.9 Å². The van der Waals surface area contributed by atoms with Crippen LogP contribution in [0.15, 0.2) is 52.4 Å². The van der Waals surface area contributed by atoms with Gasteiger partial charge in [-0.05, 0) is 31.0 Å². The van der Waals surface area contributed by atoms with Crippen LogP contribution in [0.4, 0.5) is 0 Å². The summed E-state index contributed by atoms with van der Waals surface area (Å²) in [5.41, 5.74) is 0.364. The van der Waals surface area contributed by atoms with Gasteiger partial charge < -0.3 is 9.47 Å². The summed E-state index contributed by atoms with van der Waals surface area (Å²) in [6, 6.07) is 8.17. The molecule has 0 unspecified atom stereocenters. The van der Waals surface area contributed by atoms with Gasteiger partial charge in [-0.2, -0.15) is 4.31 Å². The molecule has 0 N–H and O–H groups in total. The Labute approximate surface area is 170 Å². The molecule has 0 spiro atoms. The van der Waals surface area contributed by atoms with Crippen LogP contribution >= 0.6 is 0 Å². The Bertz CT molecular complexity index is 1010. The van der Waals surface area contributed by atoms with Crippen LogP contribution in [0.25, 0.3) is 0 Å². The maximum absolute atomic E-state index is 12.9. The third-order valence-corrected chi connectivity index (χ3v) is 7.01. The van der Waals surface area contributed by atoms with E-state index in [2.05, 4.69) is 4.98 Å². The van der Waals surface area contributed by atoms with Crippen LogP contribution < -0.4 is 5.56 Å². The lowest BCUT2D eigenvalue weighted by atomic mass is 10.3. The fourth-order valence-corrected chi connectivity index (χ4v) is 4.69. The van der Waals surface area contributed by atoms with Crippen LogP contribution in [0.3, 0.4) is 0 Å². The Morgan fingerprint density at radius 1 is 1.17 bits per heavy atom. The number of aromatic nitrogens is 2. The Hall–Kier alpha value is -2.52. The molecule has 0 radical (unpaired) electrons. The van der Waals surface area contributed by atoms with E-state index in [9.17, 15) is 18.0 Å². The second-order valence-corrected chi connectivity index (χ2v) is 8.93. The van der Waals surface area contributed by atoms with Gasteiger partial charge in [-0.25, -0.2) is 8.42 Å². The van der Waals surface area contributed by atoms with Gasteiger partial charge in [-0.1, -0.05) is 19.9 Å². The standard InChI is InChI=1S/C20H26N4O4S/c1-3-23(4-2)29(27,28)18-10-11-19(25)22(14-18)15-20(26)24(17-8-9-17)13-16-7-5-6-12-21-16/h5-7,10-12,14,17H,3-4,8-9,13,15H2,1-2H3. The Kier molecular flexibility index (Phi) is 6.49. The second-order valence-electron chi connectivity index (χ2n) is 6.99. The molecule has 1 amide bonds. The summed E-state index contributed by atoms with van der Waals surface area (Å²) in [7, 11) is -3.71. The molecule has 1 aliphatic carbocycles. The van der Waals surface area contributed by atoms with Gasteiger partial charge in [0.15, 0.2) is 0 Å². The van der Waals surface area contributed by atoms with Crippen molar-refractivity contribution in [2.24, 2.45) is 0 Å². The molecule has 0 saturated heterocycles. The number of hydrogen-bond donors (Lipinski definition) is 0. The molecule has 8 nitrogen and oxygen atoms in total. The summed E-state index contributed by atoms with van der Waals surface area (Å²) in [5.74, 6) is -0.224. The molecule has 1 aliphatic rings. The van der Waals surface area contributed by atoms with Crippen molar-refractivity contribution in [1.29, 1.82) is 0 Å². The lowest BCUT2D eigenvalue weighted by molar-refractivity contribution is -0.133. The Morgan fingerprint density at radius 2 is 1.90 bits per heavy atom. The Morgan fingerprint density at radius 3 is 2.48 bits per heavy atom. The molecule has 29 heavy (non-hydrogen) atoms. The molecular weight excluding hydrogens is 392 g/mol. The van der Waals surface area contributed by atoms with Crippen LogP contribution in [0.2, 0.25) is 0 Å². The highest BCUT2D eigenvalue weighted by Crippen LogP contribution is 2.28. The first-order valence-electron chi connectivity index (χ1n) is 9.76. The van der Waals surface area contributed by atoms with Gasteiger partial charge in [0.2, 0.25) is 15.9 Å². The van der Waals surface area contributed by atoms with E-state index in [1.54, 1.807) is 24.9 Å². The zero-order valence-corrected chi connectivity index (χ0v) is 17.5. The molecule has 1 fully saturated rings. The normalized spacial score (nSPS) is 14.2. The van der Waals surface area contributed by atoms with E-state index < -0.39 is 15.6 Å². The van der Waals surface area contributed by atoms with Crippen molar-refractivity contribution in [3.05, 3.63) is 58.8 Å². The molecule has 3 rings (SSSR count). The van der Waals surface area contributed by atoms with Gasteiger partial charge in [-0.3, -0.25) is 14.6 Å². The predicted octanol–water partition coefficient (Wildman–Crippen LogP) is 1.46. The number of hydrogen-bond acceptors (Lipinski definition) is 5. The minimum Gasteiger partial charge on any atom is -0.332 e. The monoisotopic (exact) mass is 418 g/mol. The van der Waals surface area contributed by atoms with Crippen molar-refractivity contribution < 1.29 is 13.2 Å². The second kappa shape index (κ2) is 8.87. The minimum atomic E-state index is -3.71. The molecule has 0 atom stereocenters. The van der Waals surface area contributed by atoms with E-state index in [1.165, 1.54) is 27.2 Å². The number of rotatable bonds is 9. The van der Waals surface area contributed by atoms with Gasteiger partial charge in [0.1, 0.15) is 6.54 Å². The molecule has 9 heteroatoms. The zero-order valence-electron chi connectivity index (χ0n) is 16.7. The van der Waals surface area contributed by atoms with Crippen molar-refractivity contribution in [3.8, 4) is 0 Å². The van der Waals surface area contributed by atoms with Crippen molar-refractivity contribution in [2.75, 3.05) is 13.1 Å². The highest BCUT2D eigenvalue weighted by molar-refractivity contribution is 7.89. The molecule has 0 bridgehead atoms. The lowest BCUT2D eigenvalue weighted by Gasteiger charge is -2.23. The van der Waals surface area contributed by atoms with Crippen LogP contribution in [-0.4, -0.2) is 52.2 Å². The molecule has 2 aromatic heterocycles. The van der Waals surface area contributed by atoms with Crippen LogP contribution in [0, 0.1) is 0 Å². The number of sulfonamides is 1. The molecule has 156 valence electrons. The SMILES string of the molecule is CCN(CC)S(=O)(=O)c1ccc(=O)n(CC(=O)N(Cc2ccccn2)C2CC2)c1. The number of amides is 1. The van der Waals surface area contributed by atoms with Crippen LogP contribution in [-0.2, 0) is 27.9 Å². The maximum Gasteiger partial charge on any atom is 0.251 e. The first-order valence-corrected chi connectivity index (χ1v) is 11.2. The fourth-order valence-electron chi connectivity index (χ4n) is 3.21. The maximum atomic E-state index is 12.9. The van der Waals surface area contributed by atoms with E-state index in [0.717, 1.165) is 18.5 Å². The largest absolute Gasteiger partial charge is 0.332 e. The number of nitrogens with zero attached hydrogens (tertiary/aromatic N) is 4. The van der Waals surface area contributed by atoms with Crippen LogP contribution in [0.1, 0.15) is 32.4 Å². The Balaban J connectivity index is 1.83. The lowest BCUT2D eigenvalue weighted by Crippen LogP contribution is -2.38. The topological polar surface area (TPSA) is 92.6 Å². The minimum absolute atomic E-state index is 0.0105. The van der Waals surface area contributed by atoms with Crippen LogP contribution in [0.5, 0.6) is 0 Å². The van der Waals surface area contributed by atoms with Gasteiger partial charge >= 0.3 is 0 Å². The summed E-state index contributed by atoms with van der Waals surface area (Å²) < 4.78 is 28.0. The van der Waals surface area contributed by atoms with Crippen molar-refractivity contribution in [3.63, 3.8) is 0 Å². The van der Waals surface area contributed by atoms with Crippen molar-refractivity contribution in [2.45, 2.75) is 50.7 Å². The molecule has 0 aromatic carbocycles. The number of carbonyl (C=O) groups excluding carboxylic acids is 1. The zero-order chi connectivity index (χ0) is 21.0. The average Bonchev–Trinajstić information content (AvgIpc) is 3.54. The number of carbonyl (C=O) groups is 1. The smallest absolute Gasteiger partial charge is 0.251 e. The van der Waals surface area contributed by atoms with E-state index in [0.29, 0.717) is 19.6 Å². The first kappa shape index (κ1) is 21.2. The average molecular weight is 419 g/mol. The predicted molar refractivity (Wildman–Crippen MR) is 109 cm³/mol. The summed E-state index contributed by atoms with van der Waals surface area (Å²) >= 11 is 0. The summed E-state index contributed by atoms with van der Waals surface area (Å²) in [6.07, 6.45) is 4.78. The molecule has 2 aromatic rings. The summed E-state index contributed by atoms with van der Waals surface area (Å²) in [6.45, 7) is 4.34. The highest BCUT2D eigenvalue weighted by atomic mass is 32.2. The van der Waals surface area contributed by atoms with Gasteiger partial charge in [-0.15, -0.1) is 0 Å². The van der Waals surface area contributed by atoms with Crippen molar-refractivity contribution in [1.82, 2.24) is 18.8 Å². The molecular formula is C20H26N4O4S.